The Morgan fingerprint density at radius 2 is 1.65 bits per heavy atom. The Balaban J connectivity index is 3.44. The van der Waals surface area contributed by atoms with E-state index in [4.69, 9.17) is 4.74 Å². The summed E-state index contributed by atoms with van der Waals surface area (Å²) in [5.41, 5.74) is -0.907. The Morgan fingerprint density at radius 3 is 2.05 bits per heavy atom. The van der Waals surface area contributed by atoms with E-state index in [9.17, 15) is 26.7 Å². The highest BCUT2D eigenvalue weighted by Gasteiger charge is 2.63. The van der Waals surface area contributed by atoms with Crippen LogP contribution >= 0.6 is 15.9 Å². The Morgan fingerprint density at radius 1 is 1.10 bits per heavy atom. The lowest BCUT2D eigenvalue weighted by Gasteiger charge is -2.20. The molecule has 0 unspecified atom stereocenters. The quantitative estimate of drug-likeness (QED) is 0.602. The number of hydrogen-bond donors (Lipinski definition) is 0. The first-order valence-electron chi connectivity index (χ1n) is 4.97. The summed E-state index contributed by atoms with van der Waals surface area (Å²) >= 11 is 2.76. The van der Waals surface area contributed by atoms with Gasteiger partial charge in [-0.15, -0.1) is 0 Å². The van der Waals surface area contributed by atoms with Crippen LogP contribution in [0, 0.1) is 0 Å². The van der Waals surface area contributed by atoms with Crippen molar-refractivity contribution in [3.8, 4) is 11.5 Å². The normalized spacial score (nSPS) is 12.2. The summed E-state index contributed by atoms with van der Waals surface area (Å²) in [6, 6.07) is 2.12. The van der Waals surface area contributed by atoms with Crippen molar-refractivity contribution in [1.82, 2.24) is 0 Å². The fourth-order valence-electron chi connectivity index (χ4n) is 1.34. The molecule has 1 rings (SSSR count). The Bertz CT molecular complexity index is 528. The third-order valence-corrected chi connectivity index (χ3v) is 2.98. The van der Waals surface area contributed by atoms with E-state index < -0.39 is 29.2 Å². The molecule has 0 saturated heterocycles. The number of methoxy groups -OCH3 is 2. The fraction of sp³-hybridized carbons (Fsp3) is 0.364. The average molecular weight is 363 g/mol. The van der Waals surface area contributed by atoms with Crippen LogP contribution in [-0.2, 0) is 0 Å². The van der Waals surface area contributed by atoms with Crippen molar-refractivity contribution in [1.29, 1.82) is 0 Å². The second-order valence-corrected chi connectivity index (χ2v) is 4.44. The summed E-state index contributed by atoms with van der Waals surface area (Å²) in [4.78, 5) is 11.5. The van der Waals surface area contributed by atoms with Gasteiger partial charge in [0.25, 0.3) is 0 Å². The van der Waals surface area contributed by atoms with Gasteiger partial charge in [-0.1, -0.05) is 0 Å². The lowest BCUT2D eigenvalue weighted by Crippen LogP contribution is -2.44. The minimum Gasteiger partial charge on any atom is -0.497 e. The van der Waals surface area contributed by atoms with Crippen LogP contribution < -0.4 is 9.47 Å². The number of hydrogen-bond acceptors (Lipinski definition) is 3. The molecular formula is C11H8BrF5O3. The molecule has 112 valence electrons. The van der Waals surface area contributed by atoms with E-state index in [0.29, 0.717) is 0 Å². The molecule has 1 aromatic rings. The second-order valence-electron chi connectivity index (χ2n) is 3.59. The summed E-state index contributed by atoms with van der Waals surface area (Å²) in [7, 11) is 2.29. The van der Waals surface area contributed by atoms with E-state index in [-0.39, 0.29) is 10.2 Å². The van der Waals surface area contributed by atoms with Crippen LogP contribution in [0.25, 0.3) is 0 Å². The standard InChI is InChI=1S/C11H8BrF5O3/c1-19-5-3-6(12)8(7(4-5)20-2)9(18)10(13,14)11(15,16)17/h3-4H,1-2H3. The summed E-state index contributed by atoms with van der Waals surface area (Å²) in [6.07, 6.45) is -5.99. The van der Waals surface area contributed by atoms with E-state index >= 15 is 0 Å². The first kappa shape index (κ1) is 16.7. The number of carbonyl (C=O) groups is 1. The predicted octanol–water partition coefficient (Wildman–Crippen LogP) is 3.85. The van der Waals surface area contributed by atoms with Gasteiger partial charge in [0.05, 0.1) is 19.8 Å². The summed E-state index contributed by atoms with van der Waals surface area (Å²) in [5, 5.41) is 0. The highest BCUT2D eigenvalue weighted by atomic mass is 79.9. The first-order valence-corrected chi connectivity index (χ1v) is 5.76. The van der Waals surface area contributed by atoms with Crippen LogP contribution in [0.4, 0.5) is 22.0 Å². The molecule has 0 atom stereocenters. The molecule has 20 heavy (non-hydrogen) atoms. The molecule has 0 spiro atoms. The van der Waals surface area contributed by atoms with Crippen molar-refractivity contribution in [2.24, 2.45) is 0 Å². The van der Waals surface area contributed by atoms with Gasteiger partial charge in [-0.2, -0.15) is 22.0 Å². The van der Waals surface area contributed by atoms with Crippen molar-refractivity contribution in [3.05, 3.63) is 22.2 Å². The molecule has 0 amide bonds. The van der Waals surface area contributed by atoms with Crippen molar-refractivity contribution in [2.75, 3.05) is 14.2 Å². The number of ketones is 1. The molecule has 3 nitrogen and oxygen atoms in total. The van der Waals surface area contributed by atoms with Gasteiger partial charge < -0.3 is 9.47 Å². The smallest absolute Gasteiger partial charge is 0.461 e. The molecule has 0 aliphatic rings. The Hall–Kier alpha value is -1.38. The molecule has 0 aromatic heterocycles. The largest absolute Gasteiger partial charge is 0.497 e. The summed E-state index contributed by atoms with van der Waals surface area (Å²) in [6.45, 7) is 0. The van der Waals surface area contributed by atoms with E-state index in [2.05, 4.69) is 20.7 Å². The molecule has 0 radical (unpaired) electrons. The zero-order chi connectivity index (χ0) is 15.7. The van der Waals surface area contributed by atoms with Gasteiger partial charge in [-0.05, 0) is 22.0 Å². The number of benzene rings is 1. The third kappa shape index (κ3) is 2.87. The van der Waals surface area contributed by atoms with E-state index in [1.165, 1.54) is 7.11 Å². The second kappa shape index (κ2) is 5.55. The molecule has 0 saturated carbocycles. The molecule has 0 aliphatic carbocycles. The van der Waals surface area contributed by atoms with Crippen molar-refractivity contribution >= 4 is 21.7 Å². The number of alkyl halides is 5. The van der Waals surface area contributed by atoms with Crippen molar-refractivity contribution < 1.29 is 36.2 Å². The fourth-order valence-corrected chi connectivity index (χ4v) is 1.94. The molecule has 0 aliphatic heterocycles. The summed E-state index contributed by atoms with van der Waals surface area (Å²) < 4.78 is 72.1. The summed E-state index contributed by atoms with van der Waals surface area (Å²) in [5.74, 6) is -8.25. The SMILES string of the molecule is COc1cc(Br)c(C(=O)C(F)(F)C(F)(F)F)c(OC)c1. The molecule has 9 heteroatoms. The molecule has 0 heterocycles. The van der Waals surface area contributed by atoms with E-state index in [0.717, 1.165) is 19.2 Å². The Kier molecular flexibility index (Phi) is 4.62. The topological polar surface area (TPSA) is 35.5 Å². The maximum Gasteiger partial charge on any atom is 0.461 e. The lowest BCUT2D eigenvalue weighted by atomic mass is 10.0. The van der Waals surface area contributed by atoms with Crippen LogP contribution in [0.2, 0.25) is 0 Å². The highest BCUT2D eigenvalue weighted by Crippen LogP contribution is 2.42. The number of rotatable bonds is 4. The minimum absolute atomic E-state index is 0.126. The van der Waals surface area contributed by atoms with Crippen molar-refractivity contribution in [2.45, 2.75) is 12.1 Å². The lowest BCUT2D eigenvalue weighted by molar-refractivity contribution is -0.255. The highest BCUT2D eigenvalue weighted by molar-refractivity contribution is 9.10. The Labute approximate surface area is 118 Å². The number of halogens is 6. The molecule has 0 bridgehead atoms. The van der Waals surface area contributed by atoms with Gasteiger partial charge in [-0.25, -0.2) is 0 Å². The number of carbonyl (C=O) groups excluding carboxylic acids is 1. The van der Waals surface area contributed by atoms with Gasteiger partial charge in [0.15, 0.2) is 0 Å². The van der Waals surface area contributed by atoms with Gasteiger partial charge >= 0.3 is 12.1 Å². The molecule has 1 aromatic carbocycles. The molecule has 0 fully saturated rings. The van der Waals surface area contributed by atoms with Crippen LogP contribution in [0.5, 0.6) is 11.5 Å². The monoisotopic (exact) mass is 362 g/mol. The van der Waals surface area contributed by atoms with Gasteiger partial charge in [0.2, 0.25) is 5.78 Å². The molecular weight excluding hydrogens is 355 g/mol. The third-order valence-electron chi connectivity index (χ3n) is 2.35. The van der Waals surface area contributed by atoms with Crippen LogP contribution in [0.1, 0.15) is 10.4 Å². The zero-order valence-electron chi connectivity index (χ0n) is 10.1. The zero-order valence-corrected chi connectivity index (χ0v) is 11.7. The molecule has 0 N–H and O–H groups in total. The van der Waals surface area contributed by atoms with Crippen LogP contribution in [0.15, 0.2) is 16.6 Å². The average Bonchev–Trinajstić information content (AvgIpc) is 2.35. The maximum atomic E-state index is 13.1. The maximum absolute atomic E-state index is 13.1. The predicted molar refractivity (Wildman–Crippen MR) is 62.6 cm³/mol. The van der Waals surface area contributed by atoms with Crippen molar-refractivity contribution in [3.63, 3.8) is 0 Å². The van der Waals surface area contributed by atoms with Crippen LogP contribution in [-0.4, -0.2) is 32.1 Å². The first-order chi connectivity index (χ1) is 9.06. The number of Topliss-reactive ketones (excluding diaryl/α,β-unsaturated/α-hetero) is 1. The van der Waals surface area contributed by atoms with E-state index in [1.807, 2.05) is 0 Å². The number of ether oxygens (including phenoxy) is 2. The minimum atomic E-state index is -5.99. The van der Waals surface area contributed by atoms with Gasteiger partial charge in [0.1, 0.15) is 11.5 Å². The van der Waals surface area contributed by atoms with Crippen LogP contribution in [0.3, 0.4) is 0 Å². The van der Waals surface area contributed by atoms with Gasteiger partial charge in [-0.3, -0.25) is 4.79 Å². The van der Waals surface area contributed by atoms with Gasteiger partial charge in [0, 0.05) is 10.5 Å². The van der Waals surface area contributed by atoms with E-state index in [1.54, 1.807) is 0 Å².